The molecule has 0 spiro atoms. The summed E-state index contributed by atoms with van der Waals surface area (Å²) in [6, 6.07) is 28.2. The van der Waals surface area contributed by atoms with Crippen LogP contribution in [0.25, 0.3) is 21.9 Å². The van der Waals surface area contributed by atoms with Crippen LogP contribution in [0, 0.1) is 0 Å². The fourth-order valence-corrected chi connectivity index (χ4v) is 10.6. The van der Waals surface area contributed by atoms with Crippen LogP contribution < -0.4 is 35.2 Å². The Balaban J connectivity index is 0.000000853. The molecule has 1 atom stereocenters. The quantitative estimate of drug-likeness (QED) is 0.181. The third-order valence-corrected chi connectivity index (χ3v) is 11.7. The van der Waals surface area contributed by atoms with Gasteiger partial charge < -0.3 is 24.8 Å². The van der Waals surface area contributed by atoms with Crippen molar-refractivity contribution in [3.05, 3.63) is 89.5 Å². The second kappa shape index (κ2) is 8.54. The van der Waals surface area contributed by atoms with E-state index in [4.69, 9.17) is 11.1 Å². The largest absolute Gasteiger partial charge is 3.00 e. The molecule has 1 heterocycles. The molecule has 0 fully saturated rings. The Morgan fingerprint density at radius 3 is 2.00 bits per heavy atom. The molecule has 1 unspecified atom stereocenters. The molecular formula is C25H20Cl3SiTi. The molecule has 2 aliphatic rings. The normalized spacial score (nSPS) is 17.8. The van der Waals surface area contributed by atoms with E-state index in [0.29, 0.717) is 5.92 Å². The SMILES string of the molecule is CCC[Si]1(Cl)c2[cH-]c3cccc(C4c5ccccc5-c5ccccc54)c3c21.[Cl-].[Cl-].[Ti+3]. The maximum atomic E-state index is 7.15. The van der Waals surface area contributed by atoms with E-state index in [1.165, 1.54) is 61.4 Å². The molecule has 149 valence electrons. The minimum absolute atomic E-state index is 0. The molecule has 30 heavy (non-hydrogen) atoms. The number of hydrogen-bond acceptors (Lipinski definition) is 0. The molecule has 1 aliphatic heterocycles. The maximum Gasteiger partial charge on any atom is 3.00 e. The van der Waals surface area contributed by atoms with E-state index in [-0.39, 0.29) is 46.5 Å². The van der Waals surface area contributed by atoms with Crippen molar-refractivity contribution in [2.75, 3.05) is 0 Å². The number of hydrogen-bond donors (Lipinski definition) is 0. The molecule has 0 saturated heterocycles. The molecule has 0 bridgehead atoms. The second-order valence-electron chi connectivity index (χ2n) is 7.90. The van der Waals surface area contributed by atoms with E-state index in [1.54, 1.807) is 0 Å². The molecule has 0 amide bonds. The molecule has 5 heteroatoms. The first-order chi connectivity index (χ1) is 13.2. The smallest absolute Gasteiger partial charge is 1.00 e. The summed E-state index contributed by atoms with van der Waals surface area (Å²) in [5.74, 6) is 0.310. The first-order valence-corrected chi connectivity index (χ1v) is 13.1. The first kappa shape index (κ1) is 23.7. The van der Waals surface area contributed by atoms with Crippen LogP contribution in [0.5, 0.6) is 0 Å². The Bertz CT molecular complexity index is 1190. The van der Waals surface area contributed by atoms with Gasteiger partial charge in [0.05, 0.1) is 0 Å². The molecule has 4 aromatic rings. The molecule has 1 radical (unpaired) electrons. The number of halogens is 3. The molecule has 0 nitrogen and oxygen atoms in total. The van der Waals surface area contributed by atoms with Crippen molar-refractivity contribution >= 4 is 39.6 Å². The topological polar surface area (TPSA) is 0 Å². The molecule has 0 saturated carbocycles. The molecular weight excluding hydrogens is 483 g/mol. The van der Waals surface area contributed by atoms with Gasteiger partial charge in [0.15, 0.2) is 0 Å². The fraction of sp³-hybridized carbons (Fsp3) is 0.160. The Kier molecular flexibility index (Phi) is 6.76. The van der Waals surface area contributed by atoms with Crippen LogP contribution in [0.3, 0.4) is 0 Å². The third-order valence-electron chi connectivity index (χ3n) is 6.45. The molecule has 4 aromatic carbocycles. The van der Waals surface area contributed by atoms with Gasteiger partial charge >= 0.3 is 21.7 Å². The minimum atomic E-state index is -1.82. The van der Waals surface area contributed by atoms with Crippen molar-refractivity contribution < 1.29 is 46.5 Å². The van der Waals surface area contributed by atoms with Gasteiger partial charge in [-0.15, -0.1) is 39.3 Å². The van der Waals surface area contributed by atoms with Crippen molar-refractivity contribution in [3.63, 3.8) is 0 Å². The van der Waals surface area contributed by atoms with Gasteiger partial charge in [-0.05, 0) is 28.3 Å². The summed E-state index contributed by atoms with van der Waals surface area (Å²) in [5, 5.41) is 5.85. The average Bonchev–Trinajstić information content (AvgIpc) is 3.02. The predicted molar refractivity (Wildman–Crippen MR) is 118 cm³/mol. The van der Waals surface area contributed by atoms with Gasteiger partial charge in [-0.25, -0.2) is 0 Å². The summed E-state index contributed by atoms with van der Waals surface area (Å²) in [7, 11) is -1.82. The van der Waals surface area contributed by atoms with Crippen molar-refractivity contribution in [1.29, 1.82) is 0 Å². The summed E-state index contributed by atoms with van der Waals surface area (Å²) < 4.78 is 0. The van der Waals surface area contributed by atoms with Crippen molar-refractivity contribution in [2.45, 2.75) is 25.3 Å². The van der Waals surface area contributed by atoms with Crippen molar-refractivity contribution in [2.24, 2.45) is 0 Å². The van der Waals surface area contributed by atoms with E-state index < -0.39 is 7.38 Å². The summed E-state index contributed by atoms with van der Waals surface area (Å²) >= 11 is 7.15. The molecule has 6 rings (SSSR count). The Labute approximate surface area is 210 Å². The van der Waals surface area contributed by atoms with Crippen LogP contribution in [-0.2, 0) is 21.7 Å². The monoisotopic (exact) mass is 501 g/mol. The summed E-state index contributed by atoms with van der Waals surface area (Å²) in [6.45, 7) is 2.25. The van der Waals surface area contributed by atoms with Crippen LogP contribution in [0.2, 0.25) is 6.04 Å². The predicted octanol–water partition coefficient (Wildman–Crippen LogP) is -0.253. The molecule has 0 N–H and O–H groups in total. The van der Waals surface area contributed by atoms with Gasteiger partial charge in [0.1, 0.15) is 7.38 Å². The average molecular weight is 503 g/mol. The minimum Gasteiger partial charge on any atom is -1.00 e. The third kappa shape index (κ3) is 3.10. The first-order valence-electron chi connectivity index (χ1n) is 9.84. The van der Waals surface area contributed by atoms with Crippen LogP contribution in [0.1, 0.15) is 36.0 Å². The molecule has 0 aromatic heterocycles. The van der Waals surface area contributed by atoms with Crippen LogP contribution >= 0.6 is 11.1 Å². The van der Waals surface area contributed by atoms with Crippen LogP contribution in [0.15, 0.2) is 72.8 Å². The van der Waals surface area contributed by atoms with Gasteiger partial charge in [-0.1, -0.05) is 73.5 Å². The summed E-state index contributed by atoms with van der Waals surface area (Å²) in [4.78, 5) is 0. The number of fused-ring (bicyclic) bond motifs is 6. The Hall–Kier alpha value is -0.929. The van der Waals surface area contributed by atoms with Crippen molar-refractivity contribution in [1.82, 2.24) is 0 Å². The van der Waals surface area contributed by atoms with E-state index >= 15 is 0 Å². The standard InChI is InChI=1S/C25H20ClSi.2ClH.Ti/c1-2-14-27(26)22-15-16-8-7-13-21(23(16)25(22)27)24-19-11-5-3-9-17(19)18-10-4-6-12-20(18)24;;;/h3-13,15,24H,2,14H2,1H3;2*1H;/q-1;;;+3/p-2. The van der Waals surface area contributed by atoms with Gasteiger partial charge in [0.25, 0.3) is 0 Å². The summed E-state index contributed by atoms with van der Waals surface area (Å²) in [5.41, 5.74) is 7.06. The number of benzene rings is 3. The van der Waals surface area contributed by atoms with E-state index in [1.807, 2.05) is 0 Å². The zero-order valence-electron chi connectivity index (χ0n) is 16.6. The van der Waals surface area contributed by atoms with E-state index in [0.717, 1.165) is 0 Å². The zero-order chi connectivity index (χ0) is 18.2. The van der Waals surface area contributed by atoms with Gasteiger partial charge in [0, 0.05) is 5.92 Å². The van der Waals surface area contributed by atoms with E-state index in [9.17, 15) is 0 Å². The van der Waals surface area contributed by atoms with Gasteiger partial charge in [-0.2, -0.15) is 11.1 Å². The summed E-state index contributed by atoms with van der Waals surface area (Å²) in [6.07, 6.45) is 1.17. The van der Waals surface area contributed by atoms with Gasteiger partial charge in [0.2, 0.25) is 0 Å². The maximum absolute atomic E-state index is 7.15. The fourth-order valence-electron chi connectivity index (χ4n) is 5.33. The van der Waals surface area contributed by atoms with E-state index in [2.05, 4.69) is 79.7 Å². The van der Waals surface area contributed by atoms with Crippen molar-refractivity contribution in [3.8, 4) is 11.1 Å². The number of rotatable bonds is 3. The Morgan fingerprint density at radius 2 is 1.40 bits per heavy atom. The van der Waals surface area contributed by atoms with Gasteiger partial charge in [-0.3, -0.25) is 0 Å². The Morgan fingerprint density at radius 1 is 0.833 bits per heavy atom. The van der Waals surface area contributed by atoms with Crippen LogP contribution in [0.4, 0.5) is 0 Å². The second-order valence-corrected chi connectivity index (χ2v) is 13.0. The van der Waals surface area contributed by atoms with Crippen LogP contribution in [-0.4, -0.2) is 7.38 Å². The zero-order valence-corrected chi connectivity index (χ0v) is 21.4. The molecule has 1 aliphatic carbocycles.